The molecule has 1 atom stereocenters. The van der Waals surface area contributed by atoms with Crippen LogP contribution in [0.2, 0.25) is 15.1 Å². The molecule has 2 fully saturated rings. The van der Waals surface area contributed by atoms with E-state index in [1.54, 1.807) is 23.1 Å². The predicted molar refractivity (Wildman–Crippen MR) is 161 cm³/mol. The quantitative estimate of drug-likeness (QED) is 0.376. The number of benzene rings is 3. The third kappa shape index (κ3) is 6.81. The molecular weight excluding hydrogens is 607 g/mol. The molecule has 0 aromatic heterocycles. The SMILES string of the molecule is O=C(c1cc(S(=O)(=O)Nc2cccc(Cl)c2)c(Cl)cc1Cl)N1CCN(C2CCCN(Cc3ccccc3)C2=O)CC1. The highest BCUT2D eigenvalue weighted by atomic mass is 35.5. The highest BCUT2D eigenvalue weighted by Crippen LogP contribution is 2.31. The lowest BCUT2D eigenvalue weighted by Crippen LogP contribution is -2.58. The van der Waals surface area contributed by atoms with Crippen LogP contribution in [-0.4, -0.2) is 73.7 Å². The number of hydrogen-bond acceptors (Lipinski definition) is 5. The Hall–Kier alpha value is -2.82. The number of rotatable bonds is 7. The van der Waals surface area contributed by atoms with Crippen LogP contribution in [0.5, 0.6) is 0 Å². The first kappa shape index (κ1) is 29.7. The lowest BCUT2D eigenvalue weighted by atomic mass is 10.0. The second kappa shape index (κ2) is 12.6. The fourth-order valence-corrected chi connectivity index (χ4v) is 7.38. The number of halogens is 3. The molecule has 0 aliphatic carbocycles. The summed E-state index contributed by atoms with van der Waals surface area (Å²) in [5.41, 5.74) is 1.40. The van der Waals surface area contributed by atoms with Gasteiger partial charge in [-0.05, 0) is 48.7 Å². The Morgan fingerprint density at radius 3 is 2.32 bits per heavy atom. The van der Waals surface area contributed by atoms with Gasteiger partial charge in [-0.2, -0.15) is 0 Å². The number of likely N-dealkylation sites (tertiary alicyclic amines) is 1. The zero-order valence-corrected chi connectivity index (χ0v) is 25.2. The molecule has 2 aliphatic heterocycles. The average molecular weight is 636 g/mol. The third-order valence-corrected chi connectivity index (χ3v) is 9.77. The highest BCUT2D eigenvalue weighted by molar-refractivity contribution is 7.92. The van der Waals surface area contributed by atoms with Gasteiger partial charge in [0.05, 0.1) is 27.3 Å². The summed E-state index contributed by atoms with van der Waals surface area (Å²) < 4.78 is 28.7. The van der Waals surface area contributed by atoms with Crippen molar-refractivity contribution < 1.29 is 18.0 Å². The van der Waals surface area contributed by atoms with Crippen molar-refractivity contribution in [3.63, 3.8) is 0 Å². The lowest BCUT2D eigenvalue weighted by molar-refractivity contribution is -0.141. The molecule has 0 bridgehead atoms. The Bertz CT molecular complexity index is 1550. The maximum atomic E-state index is 13.5. The maximum absolute atomic E-state index is 13.5. The van der Waals surface area contributed by atoms with Crippen molar-refractivity contribution in [3.8, 4) is 0 Å². The van der Waals surface area contributed by atoms with Crippen LogP contribution >= 0.6 is 34.8 Å². The van der Waals surface area contributed by atoms with E-state index in [2.05, 4.69) is 9.62 Å². The van der Waals surface area contributed by atoms with Gasteiger partial charge in [0.15, 0.2) is 0 Å². The number of carbonyl (C=O) groups is 2. The Kier molecular flexibility index (Phi) is 9.11. The molecule has 0 spiro atoms. The molecule has 2 aliphatic rings. The normalized spacial score (nSPS) is 18.4. The minimum atomic E-state index is -4.14. The predicted octanol–water partition coefficient (Wildman–Crippen LogP) is 5.40. The molecule has 1 N–H and O–H groups in total. The van der Waals surface area contributed by atoms with Gasteiger partial charge in [-0.25, -0.2) is 8.42 Å². The minimum Gasteiger partial charge on any atom is -0.337 e. The molecule has 0 radical (unpaired) electrons. The molecule has 8 nitrogen and oxygen atoms in total. The third-order valence-electron chi connectivity index (χ3n) is 7.38. The van der Waals surface area contributed by atoms with Crippen LogP contribution in [0.15, 0.2) is 71.6 Å². The average Bonchev–Trinajstić information content (AvgIpc) is 2.94. The van der Waals surface area contributed by atoms with E-state index < -0.39 is 15.9 Å². The number of carbonyl (C=O) groups excluding carboxylic acids is 2. The van der Waals surface area contributed by atoms with Crippen molar-refractivity contribution in [2.75, 3.05) is 37.4 Å². The van der Waals surface area contributed by atoms with E-state index in [1.165, 1.54) is 18.2 Å². The van der Waals surface area contributed by atoms with Crippen molar-refractivity contribution in [3.05, 3.63) is 92.9 Å². The summed E-state index contributed by atoms with van der Waals surface area (Å²) in [5, 5.41) is 0.311. The van der Waals surface area contributed by atoms with E-state index in [1.807, 2.05) is 35.2 Å². The largest absolute Gasteiger partial charge is 0.337 e. The molecule has 41 heavy (non-hydrogen) atoms. The molecule has 2 heterocycles. The van der Waals surface area contributed by atoms with E-state index >= 15 is 0 Å². The highest BCUT2D eigenvalue weighted by Gasteiger charge is 2.36. The number of amides is 2. The van der Waals surface area contributed by atoms with E-state index in [4.69, 9.17) is 34.8 Å². The summed E-state index contributed by atoms with van der Waals surface area (Å²) in [4.78, 5) is 32.2. The molecule has 216 valence electrons. The molecule has 1 unspecified atom stereocenters. The summed E-state index contributed by atoms with van der Waals surface area (Å²) in [6, 6.07) is 18.4. The van der Waals surface area contributed by atoms with Gasteiger partial charge in [-0.1, -0.05) is 71.2 Å². The summed E-state index contributed by atoms with van der Waals surface area (Å²) in [7, 11) is -4.14. The molecule has 3 aromatic rings. The topological polar surface area (TPSA) is 90.0 Å². The Morgan fingerprint density at radius 2 is 1.61 bits per heavy atom. The van der Waals surface area contributed by atoms with Crippen molar-refractivity contribution in [1.29, 1.82) is 0 Å². The van der Waals surface area contributed by atoms with Crippen LogP contribution in [0.1, 0.15) is 28.8 Å². The van der Waals surface area contributed by atoms with Crippen molar-refractivity contribution in [1.82, 2.24) is 14.7 Å². The molecule has 5 rings (SSSR count). The van der Waals surface area contributed by atoms with Crippen molar-refractivity contribution in [2.24, 2.45) is 0 Å². The van der Waals surface area contributed by atoms with Crippen LogP contribution in [0.25, 0.3) is 0 Å². The number of hydrogen-bond donors (Lipinski definition) is 1. The molecule has 12 heteroatoms. The number of piperazine rings is 1. The van der Waals surface area contributed by atoms with Crippen LogP contribution in [0.4, 0.5) is 5.69 Å². The summed E-state index contributed by atoms with van der Waals surface area (Å²) in [6.07, 6.45) is 1.70. The second-order valence-corrected chi connectivity index (χ2v) is 13.0. The van der Waals surface area contributed by atoms with E-state index in [9.17, 15) is 18.0 Å². The summed E-state index contributed by atoms with van der Waals surface area (Å²) in [5.74, 6) is -0.283. The van der Waals surface area contributed by atoms with Gasteiger partial charge in [0.2, 0.25) is 5.91 Å². The van der Waals surface area contributed by atoms with Gasteiger partial charge in [-0.15, -0.1) is 0 Å². The van der Waals surface area contributed by atoms with Crippen LogP contribution in [-0.2, 0) is 21.4 Å². The van der Waals surface area contributed by atoms with Crippen molar-refractivity contribution >= 4 is 62.3 Å². The fourth-order valence-electron chi connectivity index (χ4n) is 5.29. The van der Waals surface area contributed by atoms with Gasteiger partial charge < -0.3 is 9.80 Å². The number of anilines is 1. The molecule has 0 saturated carbocycles. The van der Waals surface area contributed by atoms with Gasteiger partial charge in [0.1, 0.15) is 4.90 Å². The standard InChI is InChI=1S/C29H29Cl3N4O4S/c30-21-8-4-9-22(16-21)33-41(39,40)27-17-23(24(31)18-25(27)32)28(37)35-14-12-34(13-15-35)26-10-5-11-36(29(26)38)19-20-6-2-1-3-7-20/h1-4,6-9,16-18,26,33H,5,10-15,19H2. The molecule has 3 aromatic carbocycles. The number of nitrogens with zero attached hydrogens (tertiary/aromatic N) is 3. The number of nitrogens with one attached hydrogen (secondary N) is 1. The first-order chi connectivity index (χ1) is 19.6. The smallest absolute Gasteiger partial charge is 0.263 e. The van der Waals surface area contributed by atoms with E-state index in [0.717, 1.165) is 24.9 Å². The molecule has 2 amide bonds. The van der Waals surface area contributed by atoms with Gasteiger partial charge in [-0.3, -0.25) is 19.2 Å². The van der Waals surface area contributed by atoms with Gasteiger partial charge >= 0.3 is 0 Å². The lowest BCUT2D eigenvalue weighted by Gasteiger charge is -2.42. The fraction of sp³-hybridized carbons (Fsp3) is 0.310. The molecular formula is C29H29Cl3N4O4S. The zero-order valence-electron chi connectivity index (χ0n) is 22.1. The van der Waals surface area contributed by atoms with Crippen LogP contribution < -0.4 is 4.72 Å². The monoisotopic (exact) mass is 634 g/mol. The Labute approximate surface area is 254 Å². The number of sulfonamides is 1. The number of piperidine rings is 1. The zero-order chi connectivity index (χ0) is 29.1. The van der Waals surface area contributed by atoms with E-state index in [0.29, 0.717) is 37.7 Å². The summed E-state index contributed by atoms with van der Waals surface area (Å²) in [6.45, 7) is 3.12. The van der Waals surface area contributed by atoms with Gasteiger partial charge in [0.25, 0.3) is 15.9 Å². The maximum Gasteiger partial charge on any atom is 0.263 e. The first-order valence-electron chi connectivity index (χ1n) is 13.3. The minimum absolute atomic E-state index is 0.0405. The first-order valence-corrected chi connectivity index (χ1v) is 15.9. The second-order valence-electron chi connectivity index (χ2n) is 10.1. The Morgan fingerprint density at radius 1 is 0.878 bits per heavy atom. The van der Waals surface area contributed by atoms with E-state index in [-0.39, 0.29) is 38.1 Å². The summed E-state index contributed by atoms with van der Waals surface area (Å²) >= 11 is 18.6. The Balaban J connectivity index is 1.26. The van der Waals surface area contributed by atoms with Crippen LogP contribution in [0, 0.1) is 0 Å². The molecule has 2 saturated heterocycles. The van der Waals surface area contributed by atoms with Crippen molar-refractivity contribution in [2.45, 2.75) is 30.3 Å². The van der Waals surface area contributed by atoms with Gasteiger partial charge in [0, 0.05) is 44.3 Å². The van der Waals surface area contributed by atoms with Crippen LogP contribution in [0.3, 0.4) is 0 Å².